The molecule has 0 saturated heterocycles. The fourth-order valence-electron chi connectivity index (χ4n) is 0.637. The Bertz CT molecular complexity index is 300. The predicted octanol–water partition coefficient (Wildman–Crippen LogP) is 0.912. The number of aliphatic imine (C=N–C) groups is 1. The summed E-state index contributed by atoms with van der Waals surface area (Å²) >= 11 is 3.14. The van der Waals surface area contributed by atoms with E-state index in [-0.39, 0.29) is 24.0 Å². The van der Waals surface area contributed by atoms with E-state index in [1.165, 1.54) is 0 Å². The van der Waals surface area contributed by atoms with E-state index in [0.717, 1.165) is 9.35 Å². The first-order valence-corrected chi connectivity index (χ1v) is 5.63. The van der Waals surface area contributed by atoms with Gasteiger partial charge in [-0.05, 0) is 6.26 Å². The van der Waals surface area contributed by atoms with Crippen LogP contribution in [0.25, 0.3) is 0 Å². The van der Waals surface area contributed by atoms with Gasteiger partial charge in [0.15, 0.2) is 10.3 Å². The Labute approximate surface area is 108 Å². The van der Waals surface area contributed by atoms with E-state index in [2.05, 4.69) is 20.5 Å². The molecular formula is C6H12IN5S2. The molecule has 0 aliphatic heterocycles. The van der Waals surface area contributed by atoms with Gasteiger partial charge < -0.3 is 11.1 Å². The Morgan fingerprint density at radius 2 is 2.36 bits per heavy atom. The monoisotopic (exact) mass is 345 g/mol. The molecule has 80 valence electrons. The number of nitrogens with two attached hydrogens (primary N) is 1. The van der Waals surface area contributed by atoms with Crippen LogP contribution in [0.15, 0.2) is 9.33 Å². The summed E-state index contributed by atoms with van der Waals surface area (Å²) in [6.07, 6.45) is 1.97. The Morgan fingerprint density at radius 3 is 2.86 bits per heavy atom. The molecular weight excluding hydrogens is 333 g/mol. The van der Waals surface area contributed by atoms with Crippen LogP contribution in [-0.2, 0) is 6.54 Å². The number of nitrogens with zero attached hydrogens (tertiary/aromatic N) is 3. The molecule has 1 rings (SSSR count). The zero-order valence-electron chi connectivity index (χ0n) is 7.85. The van der Waals surface area contributed by atoms with Crippen molar-refractivity contribution < 1.29 is 0 Å². The van der Waals surface area contributed by atoms with Crippen molar-refractivity contribution in [3.05, 3.63) is 5.01 Å². The predicted molar refractivity (Wildman–Crippen MR) is 71.5 cm³/mol. The van der Waals surface area contributed by atoms with Crippen molar-refractivity contribution >= 4 is 53.0 Å². The van der Waals surface area contributed by atoms with Crippen molar-refractivity contribution in [1.29, 1.82) is 0 Å². The third kappa shape index (κ3) is 4.42. The smallest absolute Gasteiger partial charge is 0.188 e. The lowest BCUT2D eigenvalue weighted by atomic mass is 10.7. The molecule has 3 N–H and O–H groups in total. The summed E-state index contributed by atoms with van der Waals surface area (Å²) in [6, 6.07) is 0. The summed E-state index contributed by atoms with van der Waals surface area (Å²) in [5, 5.41) is 11.7. The highest BCUT2D eigenvalue weighted by Crippen LogP contribution is 2.18. The Morgan fingerprint density at radius 1 is 1.64 bits per heavy atom. The number of aromatic nitrogens is 2. The first-order valence-electron chi connectivity index (χ1n) is 3.58. The zero-order chi connectivity index (χ0) is 9.68. The standard InChI is InChI=1S/C6H11N5S2.HI/c1-8-5(7)9-3-4-10-11-6(12-2)13-4;/h3H2,1-2H3,(H3,7,8,9);1H. The quantitative estimate of drug-likeness (QED) is 0.369. The van der Waals surface area contributed by atoms with Gasteiger partial charge in [0, 0.05) is 7.05 Å². The summed E-state index contributed by atoms with van der Waals surface area (Å²) in [7, 11) is 1.63. The van der Waals surface area contributed by atoms with Gasteiger partial charge in [0.05, 0.1) is 6.54 Å². The van der Waals surface area contributed by atoms with Crippen LogP contribution in [0.5, 0.6) is 0 Å². The Hall–Kier alpha value is -0.0900. The fourth-order valence-corrected chi connectivity index (χ4v) is 1.89. The number of thioether (sulfide) groups is 1. The van der Waals surface area contributed by atoms with Gasteiger partial charge in [-0.1, -0.05) is 23.1 Å². The van der Waals surface area contributed by atoms with Gasteiger partial charge >= 0.3 is 0 Å². The van der Waals surface area contributed by atoms with Crippen LogP contribution in [0.2, 0.25) is 0 Å². The molecule has 0 fully saturated rings. The minimum absolute atomic E-state index is 0. The number of rotatable bonds is 3. The van der Waals surface area contributed by atoms with E-state index in [4.69, 9.17) is 5.73 Å². The molecule has 0 unspecified atom stereocenters. The highest BCUT2D eigenvalue weighted by Gasteiger charge is 2.02. The zero-order valence-corrected chi connectivity index (χ0v) is 11.8. The van der Waals surface area contributed by atoms with E-state index in [9.17, 15) is 0 Å². The molecule has 5 nitrogen and oxygen atoms in total. The van der Waals surface area contributed by atoms with Crippen molar-refractivity contribution in [2.45, 2.75) is 10.9 Å². The van der Waals surface area contributed by atoms with Gasteiger partial charge in [0.1, 0.15) is 5.01 Å². The summed E-state index contributed by atoms with van der Waals surface area (Å²) in [5.41, 5.74) is 5.45. The van der Waals surface area contributed by atoms with Gasteiger partial charge in [0.2, 0.25) is 0 Å². The molecule has 0 aliphatic carbocycles. The average Bonchev–Trinajstić information content (AvgIpc) is 2.61. The molecule has 0 atom stereocenters. The van der Waals surface area contributed by atoms with Crippen molar-refractivity contribution in [2.75, 3.05) is 13.3 Å². The lowest BCUT2D eigenvalue weighted by Gasteiger charge is -1.99. The third-order valence-electron chi connectivity index (χ3n) is 1.28. The molecule has 0 saturated carbocycles. The first-order chi connectivity index (χ1) is 6.26. The van der Waals surface area contributed by atoms with Crippen LogP contribution in [0.4, 0.5) is 0 Å². The third-order valence-corrected chi connectivity index (χ3v) is 3.18. The lowest BCUT2D eigenvalue weighted by molar-refractivity contribution is 0.851. The van der Waals surface area contributed by atoms with Crippen LogP contribution in [0.1, 0.15) is 5.01 Å². The number of guanidine groups is 1. The molecule has 0 aromatic carbocycles. The summed E-state index contributed by atoms with van der Waals surface area (Å²) in [5.74, 6) is 0.418. The van der Waals surface area contributed by atoms with Gasteiger partial charge in [-0.15, -0.1) is 34.2 Å². The highest BCUT2D eigenvalue weighted by molar-refractivity contribution is 14.0. The van der Waals surface area contributed by atoms with Gasteiger partial charge in [-0.3, -0.25) is 4.99 Å². The second-order valence-corrected chi connectivity index (χ2v) is 4.24. The number of hydrogen-bond acceptors (Lipinski definition) is 5. The average molecular weight is 345 g/mol. The summed E-state index contributed by atoms with van der Waals surface area (Å²) in [4.78, 5) is 3.77. The number of halogens is 1. The van der Waals surface area contributed by atoms with Crippen molar-refractivity contribution in [3.8, 4) is 0 Å². The molecule has 1 aromatic rings. The Kier molecular flexibility index (Phi) is 7.19. The van der Waals surface area contributed by atoms with E-state index in [1.807, 2.05) is 6.26 Å². The van der Waals surface area contributed by atoms with E-state index in [1.54, 1.807) is 30.1 Å². The maximum atomic E-state index is 5.45. The largest absolute Gasteiger partial charge is 0.370 e. The van der Waals surface area contributed by atoms with Crippen molar-refractivity contribution in [2.24, 2.45) is 10.7 Å². The van der Waals surface area contributed by atoms with Crippen LogP contribution in [0, 0.1) is 0 Å². The fraction of sp³-hybridized carbons (Fsp3) is 0.500. The molecule has 8 heteroatoms. The van der Waals surface area contributed by atoms with E-state index < -0.39 is 0 Å². The van der Waals surface area contributed by atoms with Gasteiger partial charge in [0.25, 0.3) is 0 Å². The Balaban J connectivity index is 0.00000169. The topological polar surface area (TPSA) is 76.2 Å². The summed E-state index contributed by atoms with van der Waals surface area (Å²) < 4.78 is 0.962. The van der Waals surface area contributed by atoms with Crippen LogP contribution in [0.3, 0.4) is 0 Å². The SMILES string of the molecule is CN=C(N)NCc1nnc(SC)s1.I. The van der Waals surface area contributed by atoms with Crippen LogP contribution >= 0.6 is 47.1 Å². The molecule has 1 aromatic heterocycles. The lowest BCUT2D eigenvalue weighted by Crippen LogP contribution is -2.30. The highest BCUT2D eigenvalue weighted by atomic mass is 127. The molecule has 0 aliphatic rings. The normalized spacial score (nSPS) is 10.9. The molecule has 14 heavy (non-hydrogen) atoms. The van der Waals surface area contributed by atoms with Gasteiger partial charge in [-0.2, -0.15) is 0 Å². The first kappa shape index (κ1) is 13.9. The second-order valence-electron chi connectivity index (χ2n) is 2.13. The van der Waals surface area contributed by atoms with E-state index in [0.29, 0.717) is 12.5 Å². The molecule has 1 heterocycles. The molecule has 0 spiro atoms. The maximum Gasteiger partial charge on any atom is 0.188 e. The maximum absolute atomic E-state index is 5.45. The minimum atomic E-state index is 0. The molecule has 0 amide bonds. The number of nitrogens with one attached hydrogen (secondary N) is 1. The molecule has 0 radical (unpaired) electrons. The summed E-state index contributed by atoms with van der Waals surface area (Å²) in [6.45, 7) is 0.585. The minimum Gasteiger partial charge on any atom is -0.370 e. The second kappa shape index (κ2) is 7.23. The van der Waals surface area contributed by atoms with Crippen LogP contribution in [-0.4, -0.2) is 29.5 Å². The van der Waals surface area contributed by atoms with Crippen molar-refractivity contribution in [3.63, 3.8) is 0 Å². The van der Waals surface area contributed by atoms with Crippen molar-refractivity contribution in [1.82, 2.24) is 15.5 Å². The number of hydrogen-bond donors (Lipinski definition) is 2. The van der Waals surface area contributed by atoms with Crippen LogP contribution < -0.4 is 11.1 Å². The van der Waals surface area contributed by atoms with Gasteiger partial charge in [-0.25, -0.2) is 0 Å². The van der Waals surface area contributed by atoms with E-state index >= 15 is 0 Å². The molecule has 0 bridgehead atoms.